The van der Waals surface area contributed by atoms with Crippen molar-refractivity contribution in [1.82, 2.24) is 0 Å². The molecule has 0 heterocycles. The quantitative estimate of drug-likeness (QED) is 0.0849. The lowest BCUT2D eigenvalue weighted by molar-refractivity contribution is -0.138. The summed E-state index contributed by atoms with van der Waals surface area (Å²) in [5.41, 5.74) is 0. The van der Waals surface area contributed by atoms with E-state index in [4.69, 9.17) is 80.9 Å². The molecule has 0 saturated carbocycles. The summed E-state index contributed by atoms with van der Waals surface area (Å²) in [4.78, 5) is 21.1. The van der Waals surface area contributed by atoms with E-state index in [2.05, 4.69) is 0 Å². The van der Waals surface area contributed by atoms with Crippen molar-refractivity contribution in [2.75, 3.05) is 217 Å². The lowest BCUT2D eigenvalue weighted by atomic mass is 10.5. The highest BCUT2D eigenvalue weighted by Gasteiger charge is 1.99. The third-order valence-corrected chi connectivity index (χ3v) is 7.35. The molecule has 0 aromatic heterocycles. The van der Waals surface area contributed by atoms with Crippen molar-refractivity contribution < 1.29 is 90.5 Å². The lowest BCUT2D eigenvalue weighted by Gasteiger charge is -2.09. The minimum absolute atomic E-state index is 0.00718. The van der Waals surface area contributed by atoms with Gasteiger partial charge in [-0.1, -0.05) is 11.8 Å². The Morgan fingerprint density at radius 2 is 0.456 bits per heavy atom. The smallest absolute Gasteiger partial charge is 0.305 e. The predicted molar refractivity (Wildman–Crippen MR) is 208 cm³/mol. The highest BCUT2D eigenvalue weighted by Crippen LogP contribution is 1.99. The molecule has 0 aromatic carbocycles. The molecule has 0 rings (SSSR count). The molecule has 19 nitrogen and oxygen atoms in total. The van der Waals surface area contributed by atoms with Gasteiger partial charge in [0.05, 0.1) is 218 Å². The first kappa shape index (κ1) is 55.9. The number of hydrogen-bond donors (Lipinski definition) is 1. The number of carboxylic acids is 1. The Kier molecular flexibility index (Phi) is 50.0. The summed E-state index contributed by atoms with van der Waals surface area (Å²) in [5.74, 6) is -0.211. The van der Waals surface area contributed by atoms with Gasteiger partial charge >= 0.3 is 5.97 Å². The van der Waals surface area contributed by atoms with E-state index in [1.165, 1.54) is 11.8 Å². The van der Waals surface area contributed by atoms with Gasteiger partial charge in [-0.25, -0.2) is 0 Å². The van der Waals surface area contributed by atoms with Crippen LogP contribution in [0.15, 0.2) is 0 Å². The third kappa shape index (κ3) is 54.9. The van der Waals surface area contributed by atoms with E-state index in [0.717, 1.165) is 0 Å². The summed E-state index contributed by atoms with van der Waals surface area (Å²) in [7, 11) is 0. The number of hydrogen-bond acceptors (Lipinski definition) is 19. The van der Waals surface area contributed by atoms with Crippen LogP contribution in [0.5, 0.6) is 0 Å². The Balaban J connectivity index is 3.06. The van der Waals surface area contributed by atoms with E-state index < -0.39 is 5.97 Å². The van der Waals surface area contributed by atoms with Crippen molar-refractivity contribution in [3.8, 4) is 0 Å². The van der Waals surface area contributed by atoms with Crippen LogP contribution in [-0.2, 0) is 85.4 Å². The fourth-order valence-corrected chi connectivity index (χ4v) is 4.29. The molecular weight excluding hydrogens is 780 g/mol. The van der Waals surface area contributed by atoms with E-state index >= 15 is 0 Å². The molecule has 0 fully saturated rings. The van der Waals surface area contributed by atoms with Crippen molar-refractivity contribution in [2.45, 2.75) is 13.3 Å². The van der Waals surface area contributed by atoms with Crippen LogP contribution >= 0.6 is 11.8 Å². The van der Waals surface area contributed by atoms with Gasteiger partial charge in [0.25, 0.3) is 0 Å². The molecule has 0 aliphatic heterocycles. The average molecular weight is 853 g/mol. The second-order valence-electron chi connectivity index (χ2n) is 11.3. The fraction of sp³-hybridized carbons (Fsp3) is 0.946. The number of ether oxygens (including phenoxy) is 16. The van der Waals surface area contributed by atoms with Crippen molar-refractivity contribution in [3.05, 3.63) is 0 Å². The Morgan fingerprint density at radius 3 is 0.614 bits per heavy atom. The minimum atomic E-state index is -0.878. The number of thioether (sulfide) groups is 1. The fourth-order valence-electron chi connectivity index (χ4n) is 3.80. The van der Waals surface area contributed by atoms with Crippen LogP contribution in [0.3, 0.4) is 0 Å². The Morgan fingerprint density at radius 1 is 0.298 bits per heavy atom. The van der Waals surface area contributed by atoms with Crippen LogP contribution in [0.1, 0.15) is 13.3 Å². The van der Waals surface area contributed by atoms with Crippen LogP contribution < -0.4 is 0 Å². The molecule has 1 N–H and O–H groups in total. The molecule has 0 aliphatic carbocycles. The van der Waals surface area contributed by atoms with E-state index in [-0.39, 0.29) is 18.1 Å². The molecule has 0 spiro atoms. The minimum Gasteiger partial charge on any atom is -0.481 e. The first-order valence-electron chi connectivity index (χ1n) is 19.7. The largest absolute Gasteiger partial charge is 0.481 e. The molecule has 0 bridgehead atoms. The molecule has 20 heteroatoms. The van der Waals surface area contributed by atoms with Crippen LogP contribution in [-0.4, -0.2) is 233 Å². The normalized spacial score (nSPS) is 11.5. The summed E-state index contributed by atoms with van der Waals surface area (Å²) in [6, 6.07) is 0. The van der Waals surface area contributed by atoms with Gasteiger partial charge in [0, 0.05) is 12.7 Å². The van der Waals surface area contributed by atoms with Gasteiger partial charge in [-0.15, -0.1) is 0 Å². The molecule has 0 aliphatic rings. The SMILES string of the molecule is CC(=O)SCCOCCOCCOCCOCCOCCOCCOCCOCCOCCOCCOCCOCCOCCOCCOCCOCCC(=O)O. The second kappa shape index (κ2) is 51.0. The lowest BCUT2D eigenvalue weighted by Crippen LogP contribution is -2.16. The first-order chi connectivity index (χ1) is 28.1. The van der Waals surface area contributed by atoms with Crippen molar-refractivity contribution in [3.63, 3.8) is 0 Å². The second-order valence-corrected chi connectivity index (χ2v) is 12.6. The Hall–Kier alpha value is -1.15. The maximum Gasteiger partial charge on any atom is 0.305 e. The van der Waals surface area contributed by atoms with Crippen LogP contribution in [0.2, 0.25) is 0 Å². The van der Waals surface area contributed by atoms with Crippen molar-refractivity contribution >= 4 is 22.8 Å². The van der Waals surface area contributed by atoms with Crippen LogP contribution in [0.4, 0.5) is 0 Å². The average Bonchev–Trinajstić information content (AvgIpc) is 3.19. The summed E-state index contributed by atoms with van der Waals surface area (Å²) < 4.78 is 86.8. The zero-order valence-electron chi connectivity index (χ0n) is 34.2. The zero-order chi connectivity index (χ0) is 41.2. The molecule has 0 radical (unpaired) electrons. The van der Waals surface area contributed by atoms with Gasteiger partial charge in [0.2, 0.25) is 0 Å². The van der Waals surface area contributed by atoms with Crippen molar-refractivity contribution in [1.29, 1.82) is 0 Å². The molecular formula is C37H72O19S. The zero-order valence-corrected chi connectivity index (χ0v) is 35.1. The van der Waals surface area contributed by atoms with E-state index in [1.807, 2.05) is 0 Å². The molecule has 57 heavy (non-hydrogen) atoms. The molecule has 0 saturated heterocycles. The molecule has 0 aromatic rings. The number of carbonyl (C=O) groups is 2. The number of rotatable bonds is 51. The van der Waals surface area contributed by atoms with Gasteiger partial charge in [0.1, 0.15) is 0 Å². The van der Waals surface area contributed by atoms with Gasteiger partial charge in [-0.05, 0) is 0 Å². The van der Waals surface area contributed by atoms with Gasteiger partial charge in [-0.3, -0.25) is 9.59 Å². The Labute approximate surface area is 343 Å². The third-order valence-electron chi connectivity index (χ3n) is 6.57. The standard InChI is InChI=1S/C37H72O19S/c1-36(38)57-35-34-56-33-32-55-31-30-54-29-28-53-27-26-52-25-24-51-23-22-50-21-20-49-19-18-48-17-16-47-15-14-46-13-12-45-11-10-44-9-8-43-7-6-42-5-4-41-3-2-37(39)40/h2-35H2,1H3,(H,39,40). The first-order valence-corrected chi connectivity index (χ1v) is 20.7. The van der Waals surface area contributed by atoms with E-state index in [9.17, 15) is 9.59 Å². The summed E-state index contributed by atoms with van der Waals surface area (Å²) >= 11 is 1.26. The predicted octanol–water partition coefficient (Wildman–Crippen LogP) is 1.01. The molecule has 0 unspecified atom stereocenters. The molecule has 0 amide bonds. The molecule has 0 atom stereocenters. The maximum absolute atomic E-state index is 10.8. The Bertz CT molecular complexity index is 742. The van der Waals surface area contributed by atoms with E-state index in [0.29, 0.717) is 211 Å². The number of carboxylic acid groups (broad SMARTS) is 1. The maximum atomic E-state index is 10.8. The van der Waals surface area contributed by atoms with Gasteiger partial charge < -0.3 is 80.9 Å². The topological polar surface area (TPSA) is 202 Å². The van der Waals surface area contributed by atoms with Gasteiger partial charge in [0.15, 0.2) is 5.12 Å². The summed E-state index contributed by atoms with van der Waals surface area (Å²) in [6.07, 6.45) is -0.00718. The van der Waals surface area contributed by atoms with Crippen LogP contribution in [0, 0.1) is 0 Å². The number of carbonyl (C=O) groups excluding carboxylic acids is 1. The van der Waals surface area contributed by atoms with Gasteiger partial charge in [-0.2, -0.15) is 0 Å². The number of aliphatic carboxylic acids is 1. The van der Waals surface area contributed by atoms with E-state index in [1.54, 1.807) is 6.92 Å². The summed E-state index contributed by atoms with van der Waals surface area (Å²) in [6.45, 7) is 16.6. The van der Waals surface area contributed by atoms with Crippen molar-refractivity contribution in [2.24, 2.45) is 0 Å². The van der Waals surface area contributed by atoms with Crippen LogP contribution in [0.25, 0.3) is 0 Å². The highest BCUT2D eigenvalue weighted by molar-refractivity contribution is 8.13. The summed E-state index contributed by atoms with van der Waals surface area (Å²) in [5, 5.41) is 8.60. The molecule has 340 valence electrons. The monoisotopic (exact) mass is 852 g/mol. The highest BCUT2D eigenvalue weighted by atomic mass is 32.2.